The number of carboxylic acid groups (broad SMARTS) is 1. The van der Waals surface area contributed by atoms with Crippen molar-refractivity contribution in [3.05, 3.63) is 35.9 Å². The molecule has 0 spiro atoms. The lowest BCUT2D eigenvalue weighted by atomic mass is 10.0. The molecule has 1 N–H and O–H groups in total. The molecular weight excluding hydrogens is 238 g/mol. The van der Waals surface area contributed by atoms with E-state index in [-0.39, 0.29) is 13.0 Å². The van der Waals surface area contributed by atoms with Gasteiger partial charge in [-0.3, -0.25) is 4.79 Å². The van der Waals surface area contributed by atoms with Gasteiger partial charge in [-0.1, -0.05) is 30.3 Å². The summed E-state index contributed by atoms with van der Waals surface area (Å²) in [5, 5.41) is 8.75. The molecule has 1 unspecified atom stereocenters. The fraction of sp³-hybridized carbons (Fsp3) is 0.250. The van der Waals surface area contributed by atoms with E-state index in [9.17, 15) is 14.4 Å². The minimum absolute atomic E-state index is 0.00971. The van der Waals surface area contributed by atoms with Gasteiger partial charge < -0.3 is 9.84 Å². The molecule has 6 heteroatoms. The molecule has 1 saturated heterocycles. The van der Waals surface area contributed by atoms with Crippen LogP contribution in [0, 0.1) is 0 Å². The highest BCUT2D eigenvalue weighted by atomic mass is 16.6. The number of carbonyl (C=O) groups excluding carboxylic acids is 2. The number of β-lactam (4-membered cyclic amide) rings is 1. The predicted molar refractivity (Wildman–Crippen MR) is 59.5 cm³/mol. The second-order valence-corrected chi connectivity index (χ2v) is 3.86. The summed E-state index contributed by atoms with van der Waals surface area (Å²) in [6.07, 6.45) is -1.07. The van der Waals surface area contributed by atoms with Crippen molar-refractivity contribution >= 4 is 18.0 Å². The summed E-state index contributed by atoms with van der Waals surface area (Å²) in [6, 6.07) is 7.83. The summed E-state index contributed by atoms with van der Waals surface area (Å²) in [6.45, 7) is 0.00971. The zero-order chi connectivity index (χ0) is 13.1. The maximum atomic E-state index is 11.5. The molecule has 0 radical (unpaired) electrons. The van der Waals surface area contributed by atoms with Crippen molar-refractivity contribution < 1.29 is 24.2 Å². The third-order valence-corrected chi connectivity index (χ3v) is 2.64. The third kappa shape index (κ3) is 2.32. The molecule has 0 saturated carbocycles. The van der Waals surface area contributed by atoms with Gasteiger partial charge in [0, 0.05) is 0 Å². The number of carbonyl (C=O) groups is 3. The molecule has 0 aliphatic carbocycles. The molecule has 0 aromatic heterocycles. The van der Waals surface area contributed by atoms with E-state index in [1.54, 1.807) is 24.3 Å². The standard InChI is InChI=1S/C12H11NO5/c14-10-6-9(11(15)16)13(10)12(17)18-7-8-4-2-1-3-5-8/h1-5,9H,6-7H2,(H,15,16). The second-order valence-electron chi connectivity index (χ2n) is 3.86. The predicted octanol–water partition coefficient (Wildman–Crippen LogP) is 1.01. The van der Waals surface area contributed by atoms with Crippen molar-refractivity contribution in [3.63, 3.8) is 0 Å². The average Bonchev–Trinajstić information content (AvgIpc) is 2.34. The molecule has 94 valence electrons. The normalized spacial score (nSPS) is 18.1. The number of aliphatic carboxylic acids is 1. The highest BCUT2D eigenvalue weighted by Crippen LogP contribution is 2.20. The molecule has 1 aromatic rings. The van der Waals surface area contributed by atoms with E-state index < -0.39 is 24.0 Å². The van der Waals surface area contributed by atoms with Gasteiger partial charge in [-0.2, -0.15) is 0 Å². The van der Waals surface area contributed by atoms with Crippen LogP contribution in [-0.2, 0) is 20.9 Å². The van der Waals surface area contributed by atoms with Gasteiger partial charge in [0.15, 0.2) is 0 Å². The summed E-state index contributed by atoms with van der Waals surface area (Å²) in [4.78, 5) is 34.0. The van der Waals surface area contributed by atoms with Crippen LogP contribution in [0.1, 0.15) is 12.0 Å². The van der Waals surface area contributed by atoms with Crippen molar-refractivity contribution in [2.24, 2.45) is 0 Å². The summed E-state index contributed by atoms with van der Waals surface area (Å²) >= 11 is 0. The Kier molecular flexibility index (Phi) is 3.27. The number of rotatable bonds is 3. The van der Waals surface area contributed by atoms with E-state index in [0.29, 0.717) is 4.90 Å². The van der Waals surface area contributed by atoms with Crippen LogP contribution in [0.25, 0.3) is 0 Å². The molecule has 18 heavy (non-hydrogen) atoms. The van der Waals surface area contributed by atoms with E-state index in [1.165, 1.54) is 0 Å². The van der Waals surface area contributed by atoms with E-state index >= 15 is 0 Å². The molecule has 1 heterocycles. The summed E-state index contributed by atoms with van der Waals surface area (Å²) in [7, 11) is 0. The molecule has 6 nitrogen and oxygen atoms in total. The summed E-state index contributed by atoms with van der Waals surface area (Å²) in [5.41, 5.74) is 0.769. The number of ether oxygens (including phenoxy) is 1. The zero-order valence-electron chi connectivity index (χ0n) is 9.41. The number of amides is 2. The topological polar surface area (TPSA) is 83.9 Å². The largest absolute Gasteiger partial charge is 0.480 e. The van der Waals surface area contributed by atoms with Gasteiger partial charge in [0.25, 0.3) is 0 Å². The van der Waals surface area contributed by atoms with Gasteiger partial charge in [-0.15, -0.1) is 0 Å². The van der Waals surface area contributed by atoms with Gasteiger partial charge in [-0.05, 0) is 5.56 Å². The van der Waals surface area contributed by atoms with Crippen LogP contribution in [0.5, 0.6) is 0 Å². The van der Waals surface area contributed by atoms with Crippen molar-refractivity contribution in [2.75, 3.05) is 0 Å². The smallest absolute Gasteiger partial charge is 0.417 e. The molecule has 2 rings (SSSR count). The molecule has 1 aliphatic rings. The third-order valence-electron chi connectivity index (χ3n) is 2.64. The Bertz CT molecular complexity index is 485. The van der Waals surface area contributed by atoms with Gasteiger partial charge >= 0.3 is 12.1 Å². The van der Waals surface area contributed by atoms with Crippen molar-refractivity contribution in [1.29, 1.82) is 0 Å². The Morgan fingerprint density at radius 1 is 1.33 bits per heavy atom. The van der Waals surface area contributed by atoms with Crippen molar-refractivity contribution in [1.82, 2.24) is 4.90 Å². The van der Waals surface area contributed by atoms with E-state index in [4.69, 9.17) is 9.84 Å². The lowest BCUT2D eigenvalue weighted by molar-refractivity contribution is -0.159. The average molecular weight is 249 g/mol. The first-order chi connectivity index (χ1) is 8.59. The summed E-state index contributed by atoms with van der Waals surface area (Å²) < 4.78 is 4.89. The monoisotopic (exact) mass is 249 g/mol. The first-order valence-corrected chi connectivity index (χ1v) is 5.35. The van der Waals surface area contributed by atoms with E-state index in [0.717, 1.165) is 5.56 Å². The first kappa shape index (κ1) is 12.1. The SMILES string of the molecule is O=C(O)C1CC(=O)N1C(=O)OCc1ccccc1. The van der Waals surface area contributed by atoms with Crippen LogP contribution in [0.4, 0.5) is 4.79 Å². The molecule has 1 aromatic carbocycles. The molecule has 1 atom stereocenters. The van der Waals surface area contributed by atoms with Crippen LogP contribution < -0.4 is 0 Å². The fourth-order valence-corrected chi connectivity index (χ4v) is 1.63. The number of benzene rings is 1. The molecule has 2 amide bonds. The first-order valence-electron chi connectivity index (χ1n) is 5.35. The van der Waals surface area contributed by atoms with Gasteiger partial charge in [0.05, 0.1) is 6.42 Å². The number of nitrogens with zero attached hydrogens (tertiary/aromatic N) is 1. The lowest BCUT2D eigenvalue weighted by Crippen LogP contribution is -2.59. The Labute approximate surface area is 103 Å². The van der Waals surface area contributed by atoms with Crippen LogP contribution in [0.3, 0.4) is 0 Å². The highest BCUT2D eigenvalue weighted by Gasteiger charge is 2.46. The minimum Gasteiger partial charge on any atom is -0.480 e. The van der Waals surface area contributed by atoms with Crippen LogP contribution in [0.15, 0.2) is 30.3 Å². The number of carboxylic acids is 1. The van der Waals surface area contributed by atoms with E-state index in [2.05, 4.69) is 0 Å². The Balaban J connectivity index is 1.92. The van der Waals surface area contributed by atoms with Gasteiger partial charge in [-0.25, -0.2) is 14.5 Å². The van der Waals surface area contributed by atoms with Crippen molar-refractivity contribution in [3.8, 4) is 0 Å². The number of likely N-dealkylation sites (tertiary alicyclic amines) is 1. The van der Waals surface area contributed by atoms with Gasteiger partial charge in [0.1, 0.15) is 12.6 Å². The highest BCUT2D eigenvalue weighted by molar-refractivity contribution is 6.04. The lowest BCUT2D eigenvalue weighted by Gasteiger charge is -2.34. The van der Waals surface area contributed by atoms with Gasteiger partial charge in [0.2, 0.25) is 5.91 Å². The molecular formula is C12H11NO5. The zero-order valence-corrected chi connectivity index (χ0v) is 9.41. The quantitative estimate of drug-likeness (QED) is 0.808. The maximum Gasteiger partial charge on any atom is 0.417 e. The maximum absolute atomic E-state index is 11.5. The fourth-order valence-electron chi connectivity index (χ4n) is 1.63. The van der Waals surface area contributed by atoms with Crippen LogP contribution in [0.2, 0.25) is 0 Å². The molecule has 1 aliphatic heterocycles. The number of hydrogen-bond donors (Lipinski definition) is 1. The Morgan fingerprint density at radius 2 is 2.00 bits per heavy atom. The van der Waals surface area contributed by atoms with Crippen LogP contribution in [-0.4, -0.2) is 34.0 Å². The number of hydrogen-bond acceptors (Lipinski definition) is 4. The summed E-state index contributed by atoms with van der Waals surface area (Å²) in [5.74, 6) is -1.73. The second kappa shape index (κ2) is 4.87. The van der Waals surface area contributed by atoms with Crippen molar-refractivity contribution in [2.45, 2.75) is 19.1 Å². The van der Waals surface area contributed by atoms with E-state index in [1.807, 2.05) is 6.07 Å². The van der Waals surface area contributed by atoms with Crippen LogP contribution >= 0.6 is 0 Å². The minimum atomic E-state index is -1.20. The molecule has 0 bridgehead atoms. The molecule has 1 fully saturated rings. The number of imide groups is 1. The Hall–Kier alpha value is -2.37. The Morgan fingerprint density at radius 3 is 2.56 bits per heavy atom.